The molecule has 0 saturated heterocycles. The average molecular weight is 268 g/mol. The van der Waals surface area contributed by atoms with Crippen molar-refractivity contribution in [3.05, 3.63) is 41.9 Å². The molecule has 0 amide bonds. The topological polar surface area (TPSA) is 84.9 Å². The van der Waals surface area contributed by atoms with Gasteiger partial charge in [0.15, 0.2) is 0 Å². The molecular weight excluding hydrogens is 256 g/mol. The Labute approximate surface area is 115 Å². The summed E-state index contributed by atoms with van der Waals surface area (Å²) < 4.78 is 5.19. The summed E-state index contributed by atoms with van der Waals surface area (Å²) in [6.07, 6.45) is 4.65. The van der Waals surface area contributed by atoms with Gasteiger partial charge in [-0.3, -0.25) is 9.97 Å². The van der Waals surface area contributed by atoms with Gasteiger partial charge in [-0.05, 0) is 31.0 Å². The molecule has 3 heterocycles. The van der Waals surface area contributed by atoms with Gasteiger partial charge in [0.2, 0.25) is 5.82 Å². The minimum atomic E-state index is 0.0480. The Bertz CT molecular complexity index is 767. The Hall–Kier alpha value is -2.76. The average Bonchev–Trinajstić information content (AvgIpc) is 2.88. The first-order valence-corrected chi connectivity index (χ1v) is 6.05. The first-order chi connectivity index (χ1) is 9.63. The molecule has 20 heavy (non-hydrogen) atoms. The second-order valence-corrected chi connectivity index (χ2v) is 4.53. The minimum absolute atomic E-state index is 0.0480. The number of aromatic nitrogens is 4. The Morgan fingerprint density at radius 2 is 1.95 bits per heavy atom. The van der Waals surface area contributed by atoms with E-state index in [1.807, 2.05) is 19.9 Å². The van der Waals surface area contributed by atoms with Gasteiger partial charge < -0.3 is 9.63 Å². The van der Waals surface area contributed by atoms with Crippen LogP contribution in [0.1, 0.15) is 11.1 Å². The summed E-state index contributed by atoms with van der Waals surface area (Å²) in [4.78, 5) is 12.5. The van der Waals surface area contributed by atoms with E-state index in [9.17, 15) is 5.11 Å². The van der Waals surface area contributed by atoms with Gasteiger partial charge in [0.1, 0.15) is 11.4 Å². The highest BCUT2D eigenvalue weighted by atomic mass is 16.5. The zero-order valence-electron chi connectivity index (χ0n) is 11.0. The van der Waals surface area contributed by atoms with E-state index < -0.39 is 0 Å². The molecule has 0 fully saturated rings. The fourth-order valence-electron chi connectivity index (χ4n) is 1.93. The largest absolute Gasteiger partial charge is 0.506 e. The van der Waals surface area contributed by atoms with Crippen LogP contribution in [-0.4, -0.2) is 25.2 Å². The summed E-state index contributed by atoms with van der Waals surface area (Å²) in [5.41, 5.74) is 3.30. The van der Waals surface area contributed by atoms with E-state index >= 15 is 0 Å². The molecule has 1 N–H and O–H groups in total. The molecule has 0 aliphatic carbocycles. The summed E-state index contributed by atoms with van der Waals surface area (Å²) in [5, 5.41) is 13.3. The van der Waals surface area contributed by atoms with Crippen molar-refractivity contribution in [2.75, 3.05) is 0 Å². The predicted molar refractivity (Wildman–Crippen MR) is 71.9 cm³/mol. The molecule has 0 aliphatic rings. The molecule has 0 saturated carbocycles. The van der Waals surface area contributed by atoms with Crippen LogP contribution < -0.4 is 0 Å². The van der Waals surface area contributed by atoms with Crippen LogP contribution in [0.5, 0.6) is 5.75 Å². The summed E-state index contributed by atoms with van der Waals surface area (Å²) in [6.45, 7) is 3.92. The first kappa shape index (κ1) is 12.3. The first-order valence-electron chi connectivity index (χ1n) is 6.05. The van der Waals surface area contributed by atoms with Crippen LogP contribution in [-0.2, 0) is 0 Å². The molecule has 0 radical (unpaired) electrons. The fraction of sp³-hybridized carbons (Fsp3) is 0.143. The molecule has 100 valence electrons. The Kier molecular flexibility index (Phi) is 2.90. The third kappa shape index (κ3) is 2.23. The van der Waals surface area contributed by atoms with Gasteiger partial charge in [-0.25, -0.2) is 0 Å². The lowest BCUT2D eigenvalue weighted by Gasteiger charge is -2.00. The van der Waals surface area contributed by atoms with E-state index in [1.165, 1.54) is 12.3 Å². The third-order valence-corrected chi connectivity index (χ3v) is 2.82. The van der Waals surface area contributed by atoms with E-state index in [4.69, 9.17) is 4.52 Å². The Morgan fingerprint density at radius 1 is 1.10 bits per heavy atom. The van der Waals surface area contributed by atoms with Crippen LogP contribution in [0.25, 0.3) is 23.0 Å². The minimum Gasteiger partial charge on any atom is -0.506 e. The van der Waals surface area contributed by atoms with Crippen LogP contribution in [0.2, 0.25) is 0 Å². The number of hydrogen-bond acceptors (Lipinski definition) is 6. The molecular formula is C14H12N4O2. The molecule has 0 bridgehead atoms. The van der Waals surface area contributed by atoms with Crippen molar-refractivity contribution >= 4 is 0 Å². The van der Waals surface area contributed by atoms with Crippen molar-refractivity contribution in [3.63, 3.8) is 0 Å². The Morgan fingerprint density at radius 3 is 2.70 bits per heavy atom. The van der Waals surface area contributed by atoms with E-state index in [1.54, 1.807) is 12.4 Å². The van der Waals surface area contributed by atoms with E-state index in [-0.39, 0.29) is 5.75 Å². The van der Waals surface area contributed by atoms with Gasteiger partial charge in [0.25, 0.3) is 5.89 Å². The number of hydrogen-bond donors (Lipinski definition) is 1. The lowest BCUT2D eigenvalue weighted by molar-refractivity contribution is 0.430. The van der Waals surface area contributed by atoms with Crippen LogP contribution in [0, 0.1) is 13.8 Å². The quantitative estimate of drug-likeness (QED) is 0.768. The van der Waals surface area contributed by atoms with Gasteiger partial charge >= 0.3 is 0 Å². The Balaban J connectivity index is 2.02. The summed E-state index contributed by atoms with van der Waals surface area (Å²) in [5.74, 6) is 0.762. The van der Waals surface area contributed by atoms with Gasteiger partial charge in [-0.15, -0.1) is 0 Å². The predicted octanol–water partition coefficient (Wildman–Crippen LogP) is 2.52. The smallest absolute Gasteiger partial charge is 0.259 e. The van der Waals surface area contributed by atoms with Gasteiger partial charge in [-0.2, -0.15) is 4.98 Å². The van der Waals surface area contributed by atoms with Crippen LogP contribution in [0.3, 0.4) is 0 Å². The maximum Gasteiger partial charge on any atom is 0.259 e. The highest BCUT2D eigenvalue weighted by Crippen LogP contribution is 2.24. The van der Waals surface area contributed by atoms with Crippen molar-refractivity contribution in [1.82, 2.24) is 20.1 Å². The normalized spacial score (nSPS) is 10.7. The molecule has 3 rings (SSSR count). The number of aryl methyl sites for hydroxylation is 2. The van der Waals surface area contributed by atoms with E-state index in [0.29, 0.717) is 23.0 Å². The van der Waals surface area contributed by atoms with Crippen molar-refractivity contribution < 1.29 is 9.63 Å². The zero-order chi connectivity index (χ0) is 14.1. The molecule has 6 heteroatoms. The van der Waals surface area contributed by atoms with E-state index in [2.05, 4.69) is 20.1 Å². The highest BCUT2D eigenvalue weighted by molar-refractivity contribution is 5.59. The molecule has 0 aromatic carbocycles. The molecule has 6 nitrogen and oxygen atoms in total. The van der Waals surface area contributed by atoms with Crippen LogP contribution in [0.15, 0.2) is 35.2 Å². The standard InChI is InChI=1S/C14H12N4O2/c1-8-3-9(2)12(16-5-8)13-17-14(20-18-13)10-4-11(19)7-15-6-10/h3-7,19H,1-2H3. The van der Waals surface area contributed by atoms with E-state index in [0.717, 1.165) is 11.1 Å². The molecule has 0 atom stereocenters. The number of rotatable bonds is 2. The molecule has 0 aliphatic heterocycles. The second-order valence-electron chi connectivity index (χ2n) is 4.53. The SMILES string of the molecule is Cc1cnc(-c2noc(-c3cncc(O)c3)n2)c(C)c1. The number of pyridine rings is 2. The molecule has 0 unspecified atom stereocenters. The maximum atomic E-state index is 9.41. The van der Waals surface area contributed by atoms with Gasteiger partial charge in [-0.1, -0.05) is 11.2 Å². The van der Waals surface area contributed by atoms with Crippen molar-refractivity contribution in [1.29, 1.82) is 0 Å². The molecule has 3 aromatic heterocycles. The monoisotopic (exact) mass is 268 g/mol. The maximum absolute atomic E-state index is 9.41. The number of nitrogens with zero attached hydrogens (tertiary/aromatic N) is 4. The van der Waals surface area contributed by atoms with Crippen LogP contribution in [0.4, 0.5) is 0 Å². The van der Waals surface area contributed by atoms with Gasteiger partial charge in [0, 0.05) is 12.4 Å². The van der Waals surface area contributed by atoms with Crippen molar-refractivity contribution in [2.45, 2.75) is 13.8 Å². The second kappa shape index (κ2) is 4.73. The number of aromatic hydroxyl groups is 1. The fourth-order valence-corrected chi connectivity index (χ4v) is 1.93. The summed E-state index contributed by atoms with van der Waals surface area (Å²) in [7, 11) is 0. The molecule has 3 aromatic rings. The summed E-state index contributed by atoms with van der Waals surface area (Å²) in [6, 6.07) is 3.52. The lowest BCUT2D eigenvalue weighted by atomic mass is 10.1. The zero-order valence-corrected chi connectivity index (χ0v) is 11.0. The van der Waals surface area contributed by atoms with Crippen molar-refractivity contribution in [2.24, 2.45) is 0 Å². The van der Waals surface area contributed by atoms with Gasteiger partial charge in [0.05, 0.1) is 11.8 Å². The summed E-state index contributed by atoms with van der Waals surface area (Å²) >= 11 is 0. The third-order valence-electron chi connectivity index (χ3n) is 2.82. The molecule has 0 spiro atoms. The highest BCUT2D eigenvalue weighted by Gasteiger charge is 2.14. The lowest BCUT2D eigenvalue weighted by Crippen LogP contribution is -1.91. The van der Waals surface area contributed by atoms with Crippen LogP contribution >= 0.6 is 0 Å². The van der Waals surface area contributed by atoms with Crippen molar-refractivity contribution in [3.8, 4) is 28.7 Å².